The molecule has 0 radical (unpaired) electrons. The lowest BCUT2D eigenvalue weighted by molar-refractivity contribution is 0.519. The van der Waals surface area contributed by atoms with E-state index >= 15 is 0 Å². The van der Waals surface area contributed by atoms with Crippen LogP contribution in [0.5, 0.6) is 0 Å². The Bertz CT molecular complexity index is 224. The van der Waals surface area contributed by atoms with E-state index in [2.05, 4.69) is 31.8 Å². The van der Waals surface area contributed by atoms with Crippen LogP contribution in [0.1, 0.15) is 40.0 Å². The maximum atomic E-state index is 3.36. The van der Waals surface area contributed by atoms with E-state index in [1.165, 1.54) is 24.8 Å². The first-order valence-electron chi connectivity index (χ1n) is 4.88. The summed E-state index contributed by atoms with van der Waals surface area (Å²) in [7, 11) is 0. The zero-order chi connectivity index (χ0) is 8.97. The molecular formula is C12H18. The van der Waals surface area contributed by atoms with Gasteiger partial charge in [0.25, 0.3) is 0 Å². The molecule has 1 rings (SSSR count). The Kier molecular flexibility index (Phi) is 3.41. The summed E-state index contributed by atoms with van der Waals surface area (Å²) >= 11 is 0. The Morgan fingerprint density at radius 2 is 2.17 bits per heavy atom. The fourth-order valence-corrected chi connectivity index (χ4v) is 1.64. The molecule has 66 valence electrons. The van der Waals surface area contributed by atoms with E-state index in [0.717, 1.165) is 5.92 Å². The van der Waals surface area contributed by atoms with Crippen molar-refractivity contribution in [3.63, 3.8) is 0 Å². The van der Waals surface area contributed by atoms with Crippen LogP contribution in [0.15, 0.2) is 11.6 Å². The van der Waals surface area contributed by atoms with E-state index < -0.39 is 0 Å². The monoisotopic (exact) mass is 162 g/mol. The Morgan fingerprint density at radius 3 is 2.67 bits per heavy atom. The molecule has 1 saturated carbocycles. The first-order chi connectivity index (χ1) is 5.74. The van der Waals surface area contributed by atoms with E-state index in [0.29, 0.717) is 5.92 Å². The number of hydrogen-bond acceptors (Lipinski definition) is 0. The summed E-state index contributed by atoms with van der Waals surface area (Å²) in [5.41, 5.74) is 1.20. The number of hydrogen-bond donors (Lipinski definition) is 0. The molecule has 0 heterocycles. The van der Waals surface area contributed by atoms with Gasteiger partial charge in [0.1, 0.15) is 0 Å². The summed E-state index contributed by atoms with van der Waals surface area (Å²) in [5.74, 6) is 8.07. The molecule has 0 saturated heterocycles. The van der Waals surface area contributed by atoms with Crippen molar-refractivity contribution in [1.82, 2.24) is 0 Å². The minimum absolute atomic E-state index is 0.667. The van der Waals surface area contributed by atoms with Gasteiger partial charge in [0.15, 0.2) is 0 Å². The van der Waals surface area contributed by atoms with Crippen molar-refractivity contribution >= 4 is 0 Å². The molecule has 1 aliphatic carbocycles. The summed E-state index contributed by atoms with van der Waals surface area (Å²) in [4.78, 5) is 0. The Morgan fingerprint density at radius 1 is 1.42 bits per heavy atom. The van der Waals surface area contributed by atoms with Gasteiger partial charge in [-0.2, -0.15) is 0 Å². The average molecular weight is 162 g/mol. The zero-order valence-corrected chi connectivity index (χ0v) is 8.35. The van der Waals surface area contributed by atoms with E-state index in [4.69, 9.17) is 0 Å². The smallest absolute Gasteiger partial charge is 0.0232 e. The van der Waals surface area contributed by atoms with Crippen LogP contribution in [-0.2, 0) is 0 Å². The molecule has 1 aliphatic rings. The van der Waals surface area contributed by atoms with Gasteiger partial charge in [0.2, 0.25) is 0 Å². The Balaban J connectivity index is 2.53. The van der Waals surface area contributed by atoms with Crippen LogP contribution >= 0.6 is 0 Å². The van der Waals surface area contributed by atoms with Gasteiger partial charge in [0, 0.05) is 5.92 Å². The van der Waals surface area contributed by atoms with Crippen molar-refractivity contribution < 1.29 is 0 Å². The SMILES string of the molecule is C/C=C(\C)C#CC1CCCC1C. The highest BCUT2D eigenvalue weighted by Crippen LogP contribution is 2.30. The average Bonchev–Trinajstić information content (AvgIpc) is 2.47. The highest BCUT2D eigenvalue weighted by atomic mass is 14.2. The van der Waals surface area contributed by atoms with Crippen LogP contribution in [-0.4, -0.2) is 0 Å². The largest absolute Gasteiger partial charge is 0.0946 e. The fraction of sp³-hybridized carbons (Fsp3) is 0.667. The summed E-state index contributed by atoms with van der Waals surface area (Å²) < 4.78 is 0. The predicted octanol–water partition coefficient (Wildman–Crippen LogP) is 3.39. The third kappa shape index (κ3) is 2.41. The van der Waals surface area contributed by atoms with Crippen molar-refractivity contribution in [3.8, 4) is 11.8 Å². The van der Waals surface area contributed by atoms with Crippen molar-refractivity contribution in [2.45, 2.75) is 40.0 Å². The predicted molar refractivity (Wildman–Crippen MR) is 53.7 cm³/mol. The van der Waals surface area contributed by atoms with Gasteiger partial charge in [-0.15, -0.1) is 0 Å². The number of rotatable bonds is 0. The van der Waals surface area contributed by atoms with Crippen LogP contribution < -0.4 is 0 Å². The molecule has 2 unspecified atom stereocenters. The number of allylic oxidation sites excluding steroid dienone is 2. The molecule has 1 fully saturated rings. The fourth-order valence-electron chi connectivity index (χ4n) is 1.64. The van der Waals surface area contributed by atoms with Crippen LogP contribution in [0.2, 0.25) is 0 Å². The lowest BCUT2D eigenvalue weighted by Crippen LogP contribution is -1.99. The molecule has 0 nitrogen and oxygen atoms in total. The molecule has 0 heteroatoms. The van der Waals surface area contributed by atoms with Crippen molar-refractivity contribution in [2.24, 2.45) is 11.8 Å². The normalized spacial score (nSPS) is 29.8. The molecule has 0 aromatic rings. The third-order valence-corrected chi connectivity index (χ3v) is 2.75. The minimum Gasteiger partial charge on any atom is -0.0946 e. The topological polar surface area (TPSA) is 0 Å². The maximum absolute atomic E-state index is 3.36. The quantitative estimate of drug-likeness (QED) is 0.479. The van der Waals surface area contributed by atoms with Gasteiger partial charge in [0.05, 0.1) is 0 Å². The molecular weight excluding hydrogens is 144 g/mol. The first kappa shape index (κ1) is 9.39. The van der Waals surface area contributed by atoms with E-state index in [1.807, 2.05) is 6.92 Å². The van der Waals surface area contributed by atoms with Gasteiger partial charge in [-0.25, -0.2) is 0 Å². The second-order valence-electron chi connectivity index (χ2n) is 3.76. The molecule has 2 atom stereocenters. The maximum Gasteiger partial charge on any atom is 0.0232 e. The van der Waals surface area contributed by atoms with Crippen LogP contribution in [0, 0.1) is 23.7 Å². The summed E-state index contributed by atoms with van der Waals surface area (Å²) in [6.45, 7) is 6.44. The summed E-state index contributed by atoms with van der Waals surface area (Å²) in [5, 5.41) is 0. The van der Waals surface area contributed by atoms with Crippen LogP contribution in [0.4, 0.5) is 0 Å². The Hall–Kier alpha value is -0.700. The highest BCUT2D eigenvalue weighted by molar-refractivity contribution is 5.27. The van der Waals surface area contributed by atoms with Gasteiger partial charge in [-0.05, 0) is 38.2 Å². The highest BCUT2D eigenvalue weighted by Gasteiger charge is 2.20. The molecule has 0 aromatic heterocycles. The summed E-state index contributed by atoms with van der Waals surface area (Å²) in [6.07, 6.45) is 6.13. The Labute approximate surface area is 76.1 Å². The van der Waals surface area contributed by atoms with E-state index in [-0.39, 0.29) is 0 Å². The molecule has 0 bridgehead atoms. The molecule has 0 aromatic carbocycles. The van der Waals surface area contributed by atoms with Gasteiger partial charge in [-0.3, -0.25) is 0 Å². The van der Waals surface area contributed by atoms with Crippen LogP contribution in [0.25, 0.3) is 0 Å². The lowest BCUT2D eigenvalue weighted by atomic mass is 9.99. The lowest BCUT2D eigenvalue weighted by Gasteiger charge is -2.05. The third-order valence-electron chi connectivity index (χ3n) is 2.75. The van der Waals surface area contributed by atoms with Crippen molar-refractivity contribution in [3.05, 3.63) is 11.6 Å². The molecule has 0 amide bonds. The standard InChI is InChI=1S/C12H18/c1-4-10(2)8-9-12-7-5-6-11(12)3/h4,11-12H,5-7H2,1-3H3/b10-4+. The molecule has 0 aliphatic heterocycles. The second-order valence-corrected chi connectivity index (χ2v) is 3.76. The van der Waals surface area contributed by atoms with Crippen molar-refractivity contribution in [2.75, 3.05) is 0 Å². The molecule has 0 N–H and O–H groups in total. The van der Waals surface area contributed by atoms with Crippen molar-refractivity contribution in [1.29, 1.82) is 0 Å². The van der Waals surface area contributed by atoms with E-state index in [1.54, 1.807) is 0 Å². The summed E-state index contributed by atoms with van der Waals surface area (Å²) in [6, 6.07) is 0. The molecule has 12 heavy (non-hydrogen) atoms. The first-order valence-corrected chi connectivity index (χ1v) is 4.88. The zero-order valence-electron chi connectivity index (χ0n) is 8.35. The molecule has 0 spiro atoms. The van der Waals surface area contributed by atoms with Crippen LogP contribution in [0.3, 0.4) is 0 Å². The van der Waals surface area contributed by atoms with Gasteiger partial charge < -0.3 is 0 Å². The van der Waals surface area contributed by atoms with Gasteiger partial charge in [-0.1, -0.05) is 31.3 Å². The van der Waals surface area contributed by atoms with Gasteiger partial charge >= 0.3 is 0 Å². The minimum atomic E-state index is 0.667. The van der Waals surface area contributed by atoms with E-state index in [9.17, 15) is 0 Å². The second kappa shape index (κ2) is 4.36.